The van der Waals surface area contributed by atoms with Crippen LogP contribution < -0.4 is 5.73 Å². The molecule has 2 N–H and O–H groups in total. The summed E-state index contributed by atoms with van der Waals surface area (Å²) < 4.78 is 2.07. The van der Waals surface area contributed by atoms with E-state index in [1.54, 1.807) is 0 Å². The molecule has 1 aromatic heterocycles. The monoisotopic (exact) mass is 290 g/mol. The van der Waals surface area contributed by atoms with Gasteiger partial charge in [0.1, 0.15) is 0 Å². The predicted octanol–water partition coefficient (Wildman–Crippen LogP) is 1.53. The molecule has 0 spiro atoms. The molecular weight excluding hydrogens is 264 g/mol. The van der Waals surface area contributed by atoms with E-state index in [2.05, 4.69) is 14.7 Å². The third-order valence-corrected chi connectivity index (χ3v) is 4.77. The van der Waals surface area contributed by atoms with Gasteiger partial charge in [-0.3, -0.25) is 14.4 Å². The van der Waals surface area contributed by atoms with Gasteiger partial charge in [-0.1, -0.05) is 12.8 Å². The largest absolute Gasteiger partial charge is 0.328 e. The Kier molecular flexibility index (Phi) is 4.70. The van der Waals surface area contributed by atoms with Crippen molar-refractivity contribution in [2.24, 2.45) is 5.73 Å². The number of nitrogens with zero attached hydrogens (tertiary/aromatic N) is 3. The van der Waals surface area contributed by atoms with E-state index in [0.717, 1.165) is 31.6 Å². The smallest absolute Gasteiger partial charge is 0.152 e. The standard InChI is InChI=1S/C16H26N4O/c17-13-5-8-19(9-6-13)12-16(21)11-14-7-10-20(18-14)15-3-1-2-4-15/h7,10,13,15H,1-6,8-9,11-12,17H2. The Morgan fingerprint density at radius 3 is 2.67 bits per heavy atom. The van der Waals surface area contributed by atoms with Crippen LogP contribution in [0.5, 0.6) is 0 Å². The van der Waals surface area contributed by atoms with Crippen molar-refractivity contribution in [2.75, 3.05) is 19.6 Å². The second kappa shape index (κ2) is 6.71. The van der Waals surface area contributed by atoms with E-state index in [1.807, 2.05) is 12.3 Å². The summed E-state index contributed by atoms with van der Waals surface area (Å²) in [7, 11) is 0. The van der Waals surface area contributed by atoms with Crippen LogP contribution in [0.4, 0.5) is 0 Å². The summed E-state index contributed by atoms with van der Waals surface area (Å²) in [4.78, 5) is 14.4. The molecule has 2 aliphatic rings. The summed E-state index contributed by atoms with van der Waals surface area (Å²) >= 11 is 0. The highest BCUT2D eigenvalue weighted by Gasteiger charge is 2.20. The van der Waals surface area contributed by atoms with Crippen LogP contribution >= 0.6 is 0 Å². The van der Waals surface area contributed by atoms with Crippen molar-refractivity contribution in [3.63, 3.8) is 0 Å². The predicted molar refractivity (Wildman–Crippen MR) is 82.1 cm³/mol. The molecule has 1 aromatic rings. The Balaban J connectivity index is 1.48. The molecule has 5 nitrogen and oxygen atoms in total. The Morgan fingerprint density at radius 1 is 1.24 bits per heavy atom. The molecule has 2 heterocycles. The van der Waals surface area contributed by atoms with Crippen molar-refractivity contribution in [3.05, 3.63) is 18.0 Å². The molecule has 0 amide bonds. The van der Waals surface area contributed by atoms with Gasteiger partial charge in [0.15, 0.2) is 5.78 Å². The fraction of sp³-hybridized carbons (Fsp3) is 0.750. The van der Waals surface area contributed by atoms with Gasteiger partial charge in [-0.15, -0.1) is 0 Å². The molecule has 116 valence electrons. The normalized spacial score (nSPS) is 22.0. The van der Waals surface area contributed by atoms with E-state index in [0.29, 0.717) is 25.0 Å². The van der Waals surface area contributed by atoms with Crippen LogP contribution in [-0.4, -0.2) is 46.1 Å². The minimum absolute atomic E-state index is 0.266. The van der Waals surface area contributed by atoms with Gasteiger partial charge in [-0.2, -0.15) is 5.10 Å². The molecule has 0 bridgehead atoms. The summed E-state index contributed by atoms with van der Waals surface area (Å²) in [5.41, 5.74) is 6.81. The lowest BCUT2D eigenvalue weighted by atomic mass is 10.1. The topological polar surface area (TPSA) is 64.2 Å². The second-order valence-electron chi connectivity index (χ2n) is 6.55. The minimum Gasteiger partial charge on any atom is -0.328 e. The molecule has 2 fully saturated rings. The van der Waals surface area contributed by atoms with E-state index < -0.39 is 0 Å². The number of likely N-dealkylation sites (tertiary alicyclic amines) is 1. The Morgan fingerprint density at radius 2 is 1.95 bits per heavy atom. The van der Waals surface area contributed by atoms with Gasteiger partial charge in [-0.05, 0) is 31.7 Å². The molecule has 1 aliphatic heterocycles. The van der Waals surface area contributed by atoms with Crippen LogP contribution in [0, 0.1) is 0 Å². The Labute approximate surface area is 126 Å². The number of carbonyl (C=O) groups is 1. The average Bonchev–Trinajstić information content (AvgIpc) is 3.12. The van der Waals surface area contributed by atoms with E-state index in [4.69, 9.17) is 5.73 Å². The van der Waals surface area contributed by atoms with E-state index in [9.17, 15) is 4.79 Å². The third-order valence-electron chi connectivity index (χ3n) is 4.77. The lowest BCUT2D eigenvalue weighted by Gasteiger charge is -2.29. The molecule has 0 radical (unpaired) electrons. The maximum Gasteiger partial charge on any atom is 0.152 e. The maximum absolute atomic E-state index is 12.2. The van der Waals surface area contributed by atoms with Crippen LogP contribution in [-0.2, 0) is 11.2 Å². The number of Topliss-reactive ketones (excluding diaryl/α,β-unsaturated/α-hetero) is 1. The van der Waals surface area contributed by atoms with Gasteiger partial charge in [-0.25, -0.2) is 0 Å². The zero-order valence-corrected chi connectivity index (χ0v) is 12.7. The van der Waals surface area contributed by atoms with Crippen molar-refractivity contribution in [3.8, 4) is 0 Å². The van der Waals surface area contributed by atoms with Crippen LogP contribution in [0.1, 0.15) is 50.3 Å². The summed E-state index contributed by atoms with van der Waals surface area (Å²) in [6, 6.07) is 2.87. The number of hydrogen-bond donors (Lipinski definition) is 1. The Hall–Kier alpha value is -1.20. The number of piperidine rings is 1. The molecule has 1 aliphatic carbocycles. The first kappa shape index (κ1) is 14.7. The lowest BCUT2D eigenvalue weighted by molar-refractivity contribution is -0.119. The zero-order chi connectivity index (χ0) is 14.7. The minimum atomic E-state index is 0.266. The summed E-state index contributed by atoms with van der Waals surface area (Å²) in [6.45, 7) is 2.44. The highest BCUT2D eigenvalue weighted by molar-refractivity contribution is 5.82. The van der Waals surface area contributed by atoms with E-state index in [1.165, 1.54) is 25.7 Å². The molecule has 1 saturated carbocycles. The highest BCUT2D eigenvalue weighted by atomic mass is 16.1. The molecule has 21 heavy (non-hydrogen) atoms. The van der Waals surface area contributed by atoms with E-state index >= 15 is 0 Å². The Bertz CT molecular complexity index is 470. The average molecular weight is 290 g/mol. The van der Waals surface area contributed by atoms with Crippen LogP contribution in [0.25, 0.3) is 0 Å². The van der Waals surface area contributed by atoms with Crippen molar-refractivity contribution < 1.29 is 4.79 Å². The van der Waals surface area contributed by atoms with Gasteiger partial charge in [0.05, 0.1) is 24.7 Å². The van der Waals surface area contributed by atoms with Crippen LogP contribution in [0.2, 0.25) is 0 Å². The quantitative estimate of drug-likeness (QED) is 0.893. The fourth-order valence-electron chi connectivity index (χ4n) is 3.46. The van der Waals surface area contributed by atoms with Gasteiger partial charge in [0.2, 0.25) is 0 Å². The number of rotatable bonds is 5. The van der Waals surface area contributed by atoms with Crippen molar-refractivity contribution in [1.29, 1.82) is 0 Å². The third kappa shape index (κ3) is 3.92. The molecule has 0 aromatic carbocycles. The number of nitrogens with two attached hydrogens (primary N) is 1. The number of aromatic nitrogens is 2. The lowest BCUT2D eigenvalue weighted by Crippen LogP contribution is -2.42. The van der Waals surface area contributed by atoms with Gasteiger partial charge >= 0.3 is 0 Å². The summed E-state index contributed by atoms with van der Waals surface area (Å²) in [5, 5.41) is 4.59. The fourth-order valence-corrected chi connectivity index (χ4v) is 3.46. The summed E-state index contributed by atoms with van der Waals surface area (Å²) in [5.74, 6) is 0.266. The SMILES string of the molecule is NC1CCN(CC(=O)Cc2ccn(C3CCCC3)n2)CC1. The molecule has 0 atom stereocenters. The molecule has 0 unspecified atom stereocenters. The number of hydrogen-bond acceptors (Lipinski definition) is 4. The number of ketones is 1. The molecule has 5 heteroatoms. The summed E-state index contributed by atoms with van der Waals surface area (Å²) in [6.07, 6.45) is 9.56. The second-order valence-corrected chi connectivity index (χ2v) is 6.55. The first-order chi connectivity index (χ1) is 10.2. The van der Waals surface area contributed by atoms with Crippen molar-refractivity contribution in [1.82, 2.24) is 14.7 Å². The van der Waals surface area contributed by atoms with Crippen molar-refractivity contribution >= 4 is 5.78 Å². The van der Waals surface area contributed by atoms with Gasteiger partial charge in [0, 0.05) is 25.3 Å². The molecular formula is C16H26N4O. The van der Waals surface area contributed by atoms with Gasteiger partial charge in [0.25, 0.3) is 0 Å². The first-order valence-electron chi connectivity index (χ1n) is 8.24. The van der Waals surface area contributed by atoms with Crippen LogP contribution in [0.3, 0.4) is 0 Å². The van der Waals surface area contributed by atoms with Gasteiger partial charge < -0.3 is 5.73 Å². The first-order valence-corrected chi connectivity index (χ1v) is 8.24. The highest BCUT2D eigenvalue weighted by Crippen LogP contribution is 2.28. The number of carbonyl (C=O) groups excluding carboxylic acids is 1. The molecule has 3 rings (SSSR count). The maximum atomic E-state index is 12.2. The van der Waals surface area contributed by atoms with Crippen LogP contribution in [0.15, 0.2) is 12.3 Å². The zero-order valence-electron chi connectivity index (χ0n) is 12.7. The molecule has 1 saturated heterocycles. The van der Waals surface area contributed by atoms with E-state index in [-0.39, 0.29) is 5.78 Å². The van der Waals surface area contributed by atoms with Crippen molar-refractivity contribution in [2.45, 2.75) is 57.0 Å².